The number of hydrogen-bond acceptors (Lipinski definition) is 2. The fraction of sp³-hybridized carbons (Fsp3) is 0.143. The zero-order chi connectivity index (χ0) is 22.9. The summed E-state index contributed by atoms with van der Waals surface area (Å²) in [5, 5.41) is 5.48. The van der Waals surface area contributed by atoms with E-state index in [1.54, 1.807) is 0 Å². The highest BCUT2D eigenvalue weighted by atomic mass is 31.1. The van der Waals surface area contributed by atoms with Gasteiger partial charge in [0.05, 0.1) is 0 Å². The molecule has 0 aliphatic heterocycles. The third kappa shape index (κ3) is 6.06. The number of benzene rings is 4. The maximum absolute atomic E-state index is 6.38. The van der Waals surface area contributed by atoms with E-state index in [0.29, 0.717) is 0 Å². The Morgan fingerprint density at radius 1 is 0.455 bits per heavy atom. The Hall–Kier alpha value is -2.12. The maximum atomic E-state index is 6.38. The molecule has 0 saturated carbocycles. The van der Waals surface area contributed by atoms with Crippen molar-refractivity contribution in [2.45, 2.75) is 0 Å². The molecule has 0 radical (unpaired) electrons. The fourth-order valence-corrected chi connectivity index (χ4v) is 17.0. The second-order valence-electron chi connectivity index (χ2n) is 7.83. The predicted molar refractivity (Wildman–Crippen MR) is 148 cm³/mol. The molecule has 0 aromatic heterocycles. The molecular weight excluding hydrogens is 458 g/mol. The summed E-state index contributed by atoms with van der Waals surface area (Å²) in [6.07, 6.45) is 0. The minimum atomic E-state index is -2.54. The van der Waals surface area contributed by atoms with Gasteiger partial charge in [-0.1, -0.05) is 121 Å². The van der Waals surface area contributed by atoms with Crippen molar-refractivity contribution in [2.75, 3.05) is 25.8 Å². The van der Waals surface area contributed by atoms with E-state index >= 15 is 0 Å². The van der Waals surface area contributed by atoms with Gasteiger partial charge in [0.15, 0.2) is 0 Å². The van der Waals surface area contributed by atoms with Crippen molar-refractivity contribution in [3.63, 3.8) is 0 Å². The summed E-state index contributed by atoms with van der Waals surface area (Å²) in [6, 6.07) is 43.4. The van der Waals surface area contributed by atoms with Crippen molar-refractivity contribution in [1.29, 1.82) is 0 Å². The van der Waals surface area contributed by atoms with Crippen LogP contribution in [-0.2, 0) is 8.85 Å². The molecule has 0 heterocycles. The molecular formula is C28H30O2P2Si. The van der Waals surface area contributed by atoms with E-state index < -0.39 is 24.4 Å². The second kappa shape index (κ2) is 11.8. The highest BCUT2D eigenvalue weighted by Gasteiger charge is 2.42. The van der Waals surface area contributed by atoms with Crippen molar-refractivity contribution in [1.82, 2.24) is 0 Å². The predicted octanol–water partition coefficient (Wildman–Crippen LogP) is 5.07. The van der Waals surface area contributed by atoms with Gasteiger partial charge in [-0.05, 0) is 37.1 Å². The van der Waals surface area contributed by atoms with Gasteiger partial charge in [0.2, 0.25) is 0 Å². The third-order valence-electron chi connectivity index (χ3n) is 5.81. The first-order valence-electron chi connectivity index (χ1n) is 11.1. The van der Waals surface area contributed by atoms with Crippen LogP contribution in [0.15, 0.2) is 121 Å². The van der Waals surface area contributed by atoms with Crippen LogP contribution in [0.25, 0.3) is 0 Å². The summed E-state index contributed by atoms with van der Waals surface area (Å²) in [7, 11) is -0.0368. The molecule has 0 atom stereocenters. The molecule has 4 rings (SSSR count). The van der Waals surface area contributed by atoms with E-state index in [0.717, 1.165) is 11.6 Å². The van der Waals surface area contributed by atoms with E-state index in [4.69, 9.17) is 8.85 Å². The highest BCUT2D eigenvalue weighted by Crippen LogP contribution is 2.43. The summed E-state index contributed by atoms with van der Waals surface area (Å²) >= 11 is 0. The Bertz CT molecular complexity index is 926. The van der Waals surface area contributed by atoms with E-state index in [2.05, 4.69) is 121 Å². The first kappa shape index (κ1) is 24.0. The Morgan fingerprint density at radius 2 is 0.697 bits per heavy atom. The van der Waals surface area contributed by atoms with Gasteiger partial charge in [0.25, 0.3) is 0 Å². The van der Waals surface area contributed by atoms with Crippen LogP contribution in [0.3, 0.4) is 0 Å². The van der Waals surface area contributed by atoms with Crippen molar-refractivity contribution >= 4 is 45.6 Å². The lowest BCUT2D eigenvalue weighted by Crippen LogP contribution is -2.50. The van der Waals surface area contributed by atoms with Crippen LogP contribution >= 0.6 is 15.8 Å². The van der Waals surface area contributed by atoms with Gasteiger partial charge in [-0.25, -0.2) is 0 Å². The third-order valence-corrected chi connectivity index (χ3v) is 17.4. The van der Waals surface area contributed by atoms with E-state index in [1.165, 1.54) is 21.2 Å². The average Bonchev–Trinajstić information content (AvgIpc) is 2.91. The van der Waals surface area contributed by atoms with E-state index in [-0.39, 0.29) is 0 Å². The highest BCUT2D eigenvalue weighted by molar-refractivity contribution is 7.77. The minimum Gasteiger partial charge on any atom is -0.397 e. The first-order chi connectivity index (χ1) is 16.2. The lowest BCUT2D eigenvalue weighted by molar-refractivity contribution is 0.255. The summed E-state index contributed by atoms with van der Waals surface area (Å²) < 4.78 is 12.8. The van der Waals surface area contributed by atoms with Gasteiger partial charge < -0.3 is 8.85 Å². The smallest absolute Gasteiger partial charge is 0.347 e. The minimum absolute atomic E-state index is 0.597. The largest absolute Gasteiger partial charge is 0.397 e. The molecule has 0 N–H and O–H groups in total. The monoisotopic (exact) mass is 488 g/mol. The van der Waals surface area contributed by atoms with Crippen molar-refractivity contribution < 1.29 is 8.85 Å². The summed E-state index contributed by atoms with van der Waals surface area (Å²) in [4.78, 5) is 0. The van der Waals surface area contributed by atoms with Crippen LogP contribution in [0.1, 0.15) is 0 Å². The standard InChI is InChI=1S/C28H30O2P2Si/c1-29-33(30-2,23-31(25-15-7-3-8-16-25)26-17-9-4-10-18-26)24-32(27-19-11-5-12-20-27)28-21-13-6-14-22-28/h3-22H,23-24H2,1-2H3. The number of hydrogen-bond donors (Lipinski definition) is 0. The molecule has 0 aliphatic rings. The quantitative estimate of drug-likeness (QED) is 0.229. The van der Waals surface area contributed by atoms with Gasteiger partial charge in [-0.2, -0.15) is 0 Å². The zero-order valence-electron chi connectivity index (χ0n) is 19.2. The maximum Gasteiger partial charge on any atom is 0.347 e. The lowest BCUT2D eigenvalue weighted by Gasteiger charge is -2.35. The van der Waals surface area contributed by atoms with Crippen LogP contribution in [-0.4, -0.2) is 34.4 Å². The molecule has 33 heavy (non-hydrogen) atoms. The van der Waals surface area contributed by atoms with Gasteiger partial charge in [-0.3, -0.25) is 0 Å². The fourth-order valence-electron chi connectivity index (χ4n) is 3.97. The molecule has 168 valence electrons. The first-order valence-corrected chi connectivity index (χ1v) is 16.4. The van der Waals surface area contributed by atoms with Crippen molar-refractivity contribution in [2.24, 2.45) is 0 Å². The summed E-state index contributed by atoms with van der Waals surface area (Å²) in [5.74, 6) is 1.86. The molecule has 0 aliphatic carbocycles. The van der Waals surface area contributed by atoms with Crippen LogP contribution in [0.2, 0.25) is 0 Å². The molecule has 4 aromatic rings. The van der Waals surface area contributed by atoms with Crippen LogP contribution in [0.4, 0.5) is 0 Å². The number of rotatable bonds is 10. The SMILES string of the molecule is CO[Si](CP(c1ccccc1)c1ccccc1)(CP(c1ccccc1)c1ccccc1)OC. The van der Waals surface area contributed by atoms with Gasteiger partial charge in [0, 0.05) is 25.8 Å². The molecule has 0 bridgehead atoms. The normalized spacial score (nSPS) is 11.8. The summed E-state index contributed by atoms with van der Waals surface area (Å²) in [5.41, 5.74) is 0. The average molecular weight is 489 g/mol. The topological polar surface area (TPSA) is 18.5 Å². The molecule has 2 nitrogen and oxygen atoms in total. The van der Waals surface area contributed by atoms with Crippen molar-refractivity contribution in [3.05, 3.63) is 121 Å². The van der Waals surface area contributed by atoms with Gasteiger partial charge in [-0.15, -0.1) is 0 Å². The second-order valence-corrected chi connectivity index (χ2v) is 16.8. The Kier molecular flexibility index (Phi) is 8.61. The Balaban J connectivity index is 1.73. The molecule has 4 aromatic carbocycles. The molecule has 0 saturated heterocycles. The molecule has 0 unspecified atom stereocenters. The van der Waals surface area contributed by atoms with Crippen LogP contribution in [0, 0.1) is 0 Å². The lowest BCUT2D eigenvalue weighted by atomic mass is 10.4. The molecule has 0 spiro atoms. The Morgan fingerprint density at radius 3 is 0.909 bits per heavy atom. The zero-order valence-corrected chi connectivity index (χ0v) is 22.0. The van der Waals surface area contributed by atoms with E-state index in [9.17, 15) is 0 Å². The Labute approximate surface area is 201 Å². The van der Waals surface area contributed by atoms with E-state index in [1.807, 2.05) is 14.2 Å². The van der Waals surface area contributed by atoms with Gasteiger partial charge >= 0.3 is 8.56 Å². The summed E-state index contributed by atoms with van der Waals surface area (Å²) in [6.45, 7) is 0. The van der Waals surface area contributed by atoms with Gasteiger partial charge in [0.1, 0.15) is 0 Å². The molecule has 0 fully saturated rings. The van der Waals surface area contributed by atoms with Crippen LogP contribution < -0.4 is 21.2 Å². The van der Waals surface area contributed by atoms with Crippen molar-refractivity contribution in [3.8, 4) is 0 Å². The molecule has 0 amide bonds. The van der Waals surface area contributed by atoms with Crippen LogP contribution in [0.5, 0.6) is 0 Å². The molecule has 5 heteroatoms.